The number of sulfonamides is 1. The lowest BCUT2D eigenvalue weighted by Gasteiger charge is -2.08. The van der Waals surface area contributed by atoms with Gasteiger partial charge in [-0.25, -0.2) is 18.1 Å². The molecule has 0 amide bonds. The second-order valence-electron chi connectivity index (χ2n) is 4.82. The van der Waals surface area contributed by atoms with Crippen molar-refractivity contribution in [2.75, 3.05) is 12.4 Å². The van der Waals surface area contributed by atoms with E-state index >= 15 is 0 Å². The predicted molar refractivity (Wildman–Crippen MR) is 89.7 cm³/mol. The van der Waals surface area contributed by atoms with Crippen LogP contribution in [0.3, 0.4) is 0 Å². The highest BCUT2D eigenvalue weighted by atomic mass is 32.2. The van der Waals surface area contributed by atoms with Crippen LogP contribution in [-0.2, 0) is 16.6 Å². The Labute approximate surface area is 141 Å². The predicted octanol–water partition coefficient (Wildman–Crippen LogP) is 1.82. The lowest BCUT2D eigenvalue weighted by molar-refractivity contribution is -0.384. The summed E-state index contributed by atoms with van der Waals surface area (Å²) in [5, 5.41) is 16.1. The fraction of sp³-hybridized carbons (Fsp3) is 0.154. The molecule has 0 fully saturated rings. The third-order valence-corrected chi connectivity index (χ3v) is 5.53. The Bertz CT molecular complexity index is 980. The molecule has 9 nitrogen and oxygen atoms in total. The maximum Gasteiger partial charge on any atom is 0.293 e. The second-order valence-corrected chi connectivity index (χ2v) is 7.58. The van der Waals surface area contributed by atoms with Crippen molar-refractivity contribution in [3.63, 3.8) is 0 Å². The molecule has 3 aromatic rings. The molecule has 3 rings (SSSR count). The second kappa shape index (κ2) is 6.19. The van der Waals surface area contributed by atoms with Crippen molar-refractivity contribution < 1.29 is 13.3 Å². The molecule has 0 saturated heterocycles. The molecule has 0 atom stereocenters. The monoisotopic (exact) mass is 367 g/mol. The van der Waals surface area contributed by atoms with Gasteiger partial charge in [0.25, 0.3) is 5.69 Å². The maximum atomic E-state index is 11.8. The summed E-state index contributed by atoms with van der Waals surface area (Å²) in [5.74, 6) is 0. The molecular formula is C13H13N5O4S2. The number of rotatable bonds is 6. The summed E-state index contributed by atoms with van der Waals surface area (Å²) >= 11 is 1.49. The molecule has 1 aromatic carbocycles. The average Bonchev–Trinajstić information content (AvgIpc) is 3.13. The van der Waals surface area contributed by atoms with Gasteiger partial charge in [0.15, 0.2) is 4.96 Å². The third kappa shape index (κ3) is 3.09. The molecule has 0 spiro atoms. The Morgan fingerprint density at radius 3 is 2.88 bits per heavy atom. The summed E-state index contributed by atoms with van der Waals surface area (Å²) in [4.78, 5) is 15.7. The van der Waals surface area contributed by atoms with Gasteiger partial charge < -0.3 is 5.32 Å². The lowest BCUT2D eigenvalue weighted by Crippen LogP contribution is -2.18. The van der Waals surface area contributed by atoms with Crippen molar-refractivity contribution in [3.05, 3.63) is 51.8 Å². The topological polar surface area (TPSA) is 119 Å². The quantitative estimate of drug-likeness (QED) is 0.507. The zero-order chi connectivity index (χ0) is 17.3. The number of hydrogen-bond acceptors (Lipinski definition) is 7. The zero-order valence-corrected chi connectivity index (χ0v) is 14.1. The molecule has 0 radical (unpaired) electrons. The highest BCUT2D eigenvalue weighted by molar-refractivity contribution is 7.89. The highest BCUT2D eigenvalue weighted by Gasteiger charge is 2.20. The first-order valence-corrected chi connectivity index (χ1v) is 9.14. The number of fused-ring (bicyclic) bond motifs is 1. The number of nitro benzene ring substituents is 1. The molecular weight excluding hydrogens is 354 g/mol. The average molecular weight is 367 g/mol. The summed E-state index contributed by atoms with van der Waals surface area (Å²) in [6.07, 6.45) is 3.70. The van der Waals surface area contributed by atoms with Crippen LogP contribution in [-0.4, -0.2) is 29.8 Å². The minimum Gasteiger partial charge on any atom is -0.374 e. The van der Waals surface area contributed by atoms with Crippen LogP contribution in [0.4, 0.5) is 11.4 Å². The SMILES string of the molecule is CNS(=O)(=O)c1ccc(NCc2cn3ccsc3n2)c([N+](=O)[O-])c1. The van der Waals surface area contributed by atoms with Crippen molar-refractivity contribution in [3.8, 4) is 0 Å². The molecule has 2 aromatic heterocycles. The van der Waals surface area contributed by atoms with Gasteiger partial charge in [-0.3, -0.25) is 14.5 Å². The van der Waals surface area contributed by atoms with Gasteiger partial charge in [-0.05, 0) is 19.2 Å². The standard InChI is InChI=1S/C13H13N5O4S2/c1-14-24(21,22)10-2-3-11(12(6-10)18(19)20)15-7-9-8-17-4-5-23-13(17)16-9/h2-6,8,14-15H,7H2,1H3. The van der Waals surface area contributed by atoms with E-state index in [4.69, 9.17) is 0 Å². The van der Waals surface area contributed by atoms with Crippen molar-refractivity contribution in [1.82, 2.24) is 14.1 Å². The van der Waals surface area contributed by atoms with Crippen molar-refractivity contribution in [2.45, 2.75) is 11.4 Å². The van der Waals surface area contributed by atoms with E-state index in [1.54, 1.807) is 0 Å². The number of nitro groups is 1. The van der Waals surface area contributed by atoms with E-state index in [2.05, 4.69) is 15.0 Å². The van der Waals surface area contributed by atoms with Crippen LogP contribution >= 0.6 is 11.3 Å². The number of nitrogens with one attached hydrogen (secondary N) is 2. The van der Waals surface area contributed by atoms with Crippen LogP contribution in [0.25, 0.3) is 4.96 Å². The van der Waals surface area contributed by atoms with E-state index in [0.717, 1.165) is 16.7 Å². The molecule has 2 N–H and O–H groups in total. The summed E-state index contributed by atoms with van der Waals surface area (Å²) in [6, 6.07) is 3.72. The van der Waals surface area contributed by atoms with Gasteiger partial charge in [0.05, 0.1) is 22.1 Å². The summed E-state index contributed by atoms with van der Waals surface area (Å²) in [6.45, 7) is 0.285. The summed E-state index contributed by atoms with van der Waals surface area (Å²) in [7, 11) is -2.50. The van der Waals surface area contributed by atoms with Gasteiger partial charge >= 0.3 is 0 Å². The molecule has 0 unspecified atom stereocenters. The number of hydrogen-bond donors (Lipinski definition) is 2. The van der Waals surface area contributed by atoms with Gasteiger partial charge in [0, 0.05) is 23.8 Å². The lowest BCUT2D eigenvalue weighted by atomic mass is 10.2. The van der Waals surface area contributed by atoms with Gasteiger partial charge in [-0.1, -0.05) is 0 Å². The van der Waals surface area contributed by atoms with E-state index in [9.17, 15) is 18.5 Å². The first-order valence-electron chi connectivity index (χ1n) is 6.77. The minimum absolute atomic E-state index is 0.162. The number of nitrogens with zero attached hydrogens (tertiary/aromatic N) is 3. The normalized spacial score (nSPS) is 11.7. The molecule has 2 heterocycles. The molecule has 0 saturated carbocycles. The molecule has 0 aliphatic heterocycles. The Balaban J connectivity index is 1.86. The van der Waals surface area contributed by atoms with Gasteiger partial charge in [0.1, 0.15) is 5.69 Å². The fourth-order valence-electron chi connectivity index (χ4n) is 2.14. The Kier molecular flexibility index (Phi) is 4.22. The molecule has 126 valence electrons. The zero-order valence-electron chi connectivity index (χ0n) is 12.5. The number of anilines is 1. The maximum absolute atomic E-state index is 11.8. The van der Waals surface area contributed by atoms with E-state index in [-0.39, 0.29) is 22.8 Å². The van der Waals surface area contributed by atoms with E-state index in [1.165, 1.54) is 30.5 Å². The summed E-state index contributed by atoms with van der Waals surface area (Å²) < 4.78 is 27.5. The van der Waals surface area contributed by atoms with E-state index in [1.807, 2.05) is 22.2 Å². The first kappa shape index (κ1) is 16.4. The van der Waals surface area contributed by atoms with Crippen LogP contribution in [0.2, 0.25) is 0 Å². The van der Waals surface area contributed by atoms with Gasteiger partial charge in [-0.15, -0.1) is 11.3 Å². The van der Waals surface area contributed by atoms with Crippen LogP contribution in [0.15, 0.2) is 40.9 Å². The number of thiazole rings is 1. The van der Waals surface area contributed by atoms with Crippen molar-refractivity contribution >= 4 is 37.7 Å². The number of imidazole rings is 1. The van der Waals surface area contributed by atoms with E-state index < -0.39 is 14.9 Å². The third-order valence-electron chi connectivity index (χ3n) is 3.35. The highest BCUT2D eigenvalue weighted by Crippen LogP contribution is 2.28. The Morgan fingerprint density at radius 2 is 2.21 bits per heavy atom. The fourth-order valence-corrected chi connectivity index (χ4v) is 3.61. The van der Waals surface area contributed by atoms with Gasteiger partial charge in [-0.2, -0.15) is 0 Å². The first-order chi connectivity index (χ1) is 11.4. The van der Waals surface area contributed by atoms with Crippen molar-refractivity contribution in [2.24, 2.45) is 0 Å². The van der Waals surface area contributed by atoms with Crippen LogP contribution < -0.4 is 10.0 Å². The molecule has 0 aliphatic rings. The largest absolute Gasteiger partial charge is 0.374 e. The summed E-state index contributed by atoms with van der Waals surface area (Å²) in [5.41, 5.74) is 0.641. The smallest absolute Gasteiger partial charge is 0.293 e. The van der Waals surface area contributed by atoms with E-state index in [0.29, 0.717) is 0 Å². The number of benzene rings is 1. The minimum atomic E-state index is -3.74. The van der Waals surface area contributed by atoms with Crippen molar-refractivity contribution in [1.29, 1.82) is 0 Å². The van der Waals surface area contributed by atoms with Crippen LogP contribution in [0.5, 0.6) is 0 Å². The molecule has 24 heavy (non-hydrogen) atoms. The van der Waals surface area contributed by atoms with Crippen LogP contribution in [0, 0.1) is 10.1 Å². The Hall–Kier alpha value is -2.50. The van der Waals surface area contributed by atoms with Gasteiger partial charge in [0.2, 0.25) is 10.0 Å². The molecule has 11 heteroatoms. The Morgan fingerprint density at radius 1 is 1.42 bits per heavy atom. The van der Waals surface area contributed by atoms with Crippen LogP contribution in [0.1, 0.15) is 5.69 Å². The number of aromatic nitrogens is 2. The molecule has 0 bridgehead atoms. The molecule has 0 aliphatic carbocycles.